The first kappa shape index (κ1) is 14.4. The summed E-state index contributed by atoms with van der Waals surface area (Å²) in [7, 11) is 5.75. The number of nitrogens with two attached hydrogens (primary N) is 1. The van der Waals surface area contributed by atoms with Gasteiger partial charge in [0.25, 0.3) is 0 Å². The fourth-order valence-corrected chi connectivity index (χ4v) is 2.20. The number of rotatable bonds is 5. The highest BCUT2D eigenvalue weighted by molar-refractivity contribution is 5.48. The van der Waals surface area contributed by atoms with Gasteiger partial charge in [-0.1, -0.05) is 24.3 Å². The minimum absolute atomic E-state index is 0.0120. The summed E-state index contributed by atoms with van der Waals surface area (Å²) in [6.45, 7) is 0. The third-order valence-corrected chi connectivity index (χ3v) is 3.40. The lowest BCUT2D eigenvalue weighted by Crippen LogP contribution is -2.15. The molecule has 1 atom stereocenters. The van der Waals surface area contributed by atoms with Gasteiger partial charge in [-0.15, -0.1) is 0 Å². The van der Waals surface area contributed by atoms with Crippen LogP contribution in [-0.2, 0) is 6.42 Å². The molecule has 3 heteroatoms. The van der Waals surface area contributed by atoms with E-state index in [1.54, 1.807) is 7.11 Å². The van der Waals surface area contributed by atoms with Gasteiger partial charge in [0, 0.05) is 25.8 Å². The van der Waals surface area contributed by atoms with E-state index < -0.39 is 0 Å². The van der Waals surface area contributed by atoms with Gasteiger partial charge < -0.3 is 15.4 Å². The van der Waals surface area contributed by atoms with Gasteiger partial charge in [0.2, 0.25) is 0 Å². The molecular weight excluding hydrogens is 248 g/mol. The number of anilines is 1. The average molecular weight is 270 g/mol. The van der Waals surface area contributed by atoms with Crippen molar-refractivity contribution in [2.45, 2.75) is 12.5 Å². The molecular formula is C17H22N2O. The number of benzene rings is 2. The molecule has 2 rings (SSSR count). The molecule has 0 amide bonds. The maximum absolute atomic E-state index is 6.33. The lowest BCUT2D eigenvalue weighted by Gasteiger charge is -2.17. The van der Waals surface area contributed by atoms with Gasteiger partial charge in [-0.05, 0) is 41.8 Å². The van der Waals surface area contributed by atoms with Crippen LogP contribution in [0.1, 0.15) is 17.2 Å². The topological polar surface area (TPSA) is 38.5 Å². The fraction of sp³-hybridized carbons (Fsp3) is 0.294. The summed E-state index contributed by atoms with van der Waals surface area (Å²) in [5, 5.41) is 0. The van der Waals surface area contributed by atoms with E-state index in [0.717, 1.165) is 17.7 Å². The molecule has 0 bridgehead atoms. The van der Waals surface area contributed by atoms with Gasteiger partial charge in [0.1, 0.15) is 5.75 Å². The molecule has 0 aromatic heterocycles. The monoisotopic (exact) mass is 270 g/mol. The summed E-state index contributed by atoms with van der Waals surface area (Å²) in [5.74, 6) is 0.872. The highest BCUT2D eigenvalue weighted by Crippen LogP contribution is 2.22. The highest BCUT2D eigenvalue weighted by atomic mass is 16.5. The van der Waals surface area contributed by atoms with Crippen LogP contribution < -0.4 is 15.4 Å². The third kappa shape index (κ3) is 3.52. The Labute approximate surface area is 121 Å². The Morgan fingerprint density at radius 1 is 1.10 bits per heavy atom. The van der Waals surface area contributed by atoms with Crippen molar-refractivity contribution in [2.24, 2.45) is 5.73 Å². The summed E-state index contributed by atoms with van der Waals surface area (Å²) < 4.78 is 5.25. The molecule has 0 aliphatic heterocycles. The zero-order valence-electron chi connectivity index (χ0n) is 12.3. The van der Waals surface area contributed by atoms with Crippen LogP contribution in [0.3, 0.4) is 0 Å². The molecule has 20 heavy (non-hydrogen) atoms. The third-order valence-electron chi connectivity index (χ3n) is 3.40. The van der Waals surface area contributed by atoms with Crippen molar-refractivity contribution in [3.8, 4) is 5.75 Å². The summed E-state index contributed by atoms with van der Waals surface area (Å²) in [5.41, 5.74) is 9.84. The minimum Gasteiger partial charge on any atom is -0.497 e. The summed E-state index contributed by atoms with van der Waals surface area (Å²) >= 11 is 0. The molecule has 0 heterocycles. The fourth-order valence-electron chi connectivity index (χ4n) is 2.20. The van der Waals surface area contributed by atoms with Crippen molar-refractivity contribution in [1.82, 2.24) is 0 Å². The predicted octanol–water partition coefficient (Wildman–Crippen LogP) is 3.00. The normalized spacial score (nSPS) is 12.0. The molecule has 2 aromatic rings. The van der Waals surface area contributed by atoms with Gasteiger partial charge in [0.05, 0.1) is 7.11 Å². The van der Waals surface area contributed by atoms with Crippen LogP contribution in [0, 0.1) is 0 Å². The van der Waals surface area contributed by atoms with Gasteiger partial charge >= 0.3 is 0 Å². The molecule has 0 fully saturated rings. The first-order chi connectivity index (χ1) is 9.60. The molecule has 0 saturated carbocycles. The molecule has 3 nitrogen and oxygen atoms in total. The molecule has 0 aliphatic rings. The number of hydrogen-bond donors (Lipinski definition) is 1. The molecule has 0 radical (unpaired) electrons. The summed E-state index contributed by atoms with van der Waals surface area (Å²) in [6, 6.07) is 16.4. The molecule has 1 unspecified atom stereocenters. The van der Waals surface area contributed by atoms with Crippen LogP contribution in [0.4, 0.5) is 5.69 Å². The zero-order chi connectivity index (χ0) is 14.5. The lowest BCUT2D eigenvalue weighted by molar-refractivity contribution is 0.414. The van der Waals surface area contributed by atoms with Crippen LogP contribution >= 0.6 is 0 Å². The standard InChI is InChI=1S/C17H22N2O/c1-19(2)15-8-5-7-14(12-15)17(18)11-13-6-4-9-16(10-13)20-3/h4-10,12,17H,11,18H2,1-3H3. The van der Waals surface area contributed by atoms with Crippen LogP contribution in [-0.4, -0.2) is 21.2 Å². The first-order valence-corrected chi connectivity index (χ1v) is 6.76. The van der Waals surface area contributed by atoms with Crippen molar-refractivity contribution in [3.63, 3.8) is 0 Å². The van der Waals surface area contributed by atoms with Gasteiger partial charge in [0.15, 0.2) is 0 Å². The second kappa shape index (κ2) is 6.44. The number of ether oxygens (including phenoxy) is 1. The Kier molecular flexibility index (Phi) is 4.64. The highest BCUT2D eigenvalue weighted by Gasteiger charge is 2.09. The molecule has 0 aliphatic carbocycles. The van der Waals surface area contributed by atoms with Crippen LogP contribution in [0.25, 0.3) is 0 Å². The molecule has 106 valence electrons. The lowest BCUT2D eigenvalue weighted by atomic mass is 9.99. The van der Waals surface area contributed by atoms with E-state index in [1.807, 2.05) is 32.3 Å². The Morgan fingerprint density at radius 3 is 2.55 bits per heavy atom. The van der Waals surface area contributed by atoms with Crippen LogP contribution in [0.5, 0.6) is 5.75 Å². The SMILES string of the molecule is COc1cccc(CC(N)c2cccc(N(C)C)c2)c1. The Hall–Kier alpha value is -2.00. The van der Waals surface area contributed by atoms with Crippen molar-refractivity contribution in [2.75, 3.05) is 26.1 Å². The van der Waals surface area contributed by atoms with E-state index in [-0.39, 0.29) is 6.04 Å². The van der Waals surface area contributed by atoms with Crippen LogP contribution in [0.2, 0.25) is 0 Å². The van der Waals surface area contributed by atoms with Crippen molar-refractivity contribution < 1.29 is 4.74 Å². The van der Waals surface area contributed by atoms with Crippen LogP contribution in [0.15, 0.2) is 48.5 Å². The molecule has 2 N–H and O–H groups in total. The van der Waals surface area contributed by atoms with E-state index >= 15 is 0 Å². The number of hydrogen-bond acceptors (Lipinski definition) is 3. The number of methoxy groups -OCH3 is 1. The Balaban J connectivity index is 2.14. The molecule has 0 saturated heterocycles. The Bertz CT molecular complexity index is 566. The van der Waals surface area contributed by atoms with E-state index in [4.69, 9.17) is 10.5 Å². The smallest absolute Gasteiger partial charge is 0.119 e. The van der Waals surface area contributed by atoms with Crippen molar-refractivity contribution in [1.29, 1.82) is 0 Å². The van der Waals surface area contributed by atoms with E-state index in [0.29, 0.717) is 0 Å². The molecule has 0 spiro atoms. The zero-order valence-corrected chi connectivity index (χ0v) is 12.3. The summed E-state index contributed by atoms with van der Waals surface area (Å²) in [6.07, 6.45) is 0.800. The maximum atomic E-state index is 6.33. The largest absolute Gasteiger partial charge is 0.497 e. The van der Waals surface area contributed by atoms with Gasteiger partial charge in [-0.25, -0.2) is 0 Å². The summed E-state index contributed by atoms with van der Waals surface area (Å²) in [4.78, 5) is 2.09. The van der Waals surface area contributed by atoms with Gasteiger partial charge in [-0.2, -0.15) is 0 Å². The second-order valence-corrected chi connectivity index (χ2v) is 5.15. The minimum atomic E-state index is -0.0120. The maximum Gasteiger partial charge on any atom is 0.119 e. The van der Waals surface area contributed by atoms with E-state index in [9.17, 15) is 0 Å². The van der Waals surface area contributed by atoms with E-state index in [2.05, 4.69) is 35.2 Å². The van der Waals surface area contributed by atoms with E-state index in [1.165, 1.54) is 11.3 Å². The first-order valence-electron chi connectivity index (χ1n) is 6.76. The average Bonchev–Trinajstić information content (AvgIpc) is 2.47. The Morgan fingerprint density at radius 2 is 1.85 bits per heavy atom. The van der Waals surface area contributed by atoms with Crippen molar-refractivity contribution >= 4 is 5.69 Å². The van der Waals surface area contributed by atoms with Gasteiger partial charge in [-0.3, -0.25) is 0 Å². The second-order valence-electron chi connectivity index (χ2n) is 5.15. The molecule has 2 aromatic carbocycles. The quantitative estimate of drug-likeness (QED) is 0.907. The number of nitrogens with zero attached hydrogens (tertiary/aromatic N) is 1. The van der Waals surface area contributed by atoms with Crippen molar-refractivity contribution in [3.05, 3.63) is 59.7 Å². The predicted molar refractivity (Wildman–Crippen MR) is 84.4 cm³/mol.